The van der Waals surface area contributed by atoms with Crippen molar-refractivity contribution >= 4 is 40.6 Å². The van der Waals surface area contributed by atoms with E-state index in [-0.39, 0.29) is 35.1 Å². The highest BCUT2D eigenvalue weighted by Crippen LogP contribution is 2.33. The van der Waals surface area contributed by atoms with Crippen molar-refractivity contribution in [3.8, 4) is 10.6 Å². The second kappa shape index (κ2) is 9.99. The minimum atomic E-state index is -0.490. The van der Waals surface area contributed by atoms with Crippen LogP contribution < -0.4 is 10.6 Å². The Bertz CT molecular complexity index is 975. The van der Waals surface area contributed by atoms with Crippen molar-refractivity contribution in [1.29, 1.82) is 0 Å². The number of likely N-dealkylation sites (tertiary alicyclic amines) is 1. The van der Waals surface area contributed by atoms with E-state index in [1.807, 2.05) is 34.6 Å². The minimum absolute atomic E-state index is 0.142. The highest BCUT2D eigenvalue weighted by atomic mass is 35.5. The summed E-state index contributed by atoms with van der Waals surface area (Å²) in [6.45, 7) is 10.4. The smallest absolute Gasteiger partial charge is 0.407 e. The van der Waals surface area contributed by atoms with Gasteiger partial charge in [-0.25, -0.2) is 9.78 Å². The second-order valence-corrected chi connectivity index (χ2v) is 10.4. The van der Waals surface area contributed by atoms with E-state index in [0.29, 0.717) is 16.7 Å². The third-order valence-corrected chi connectivity index (χ3v) is 5.83. The number of amides is 2. The average molecular weight is 481 g/mol. The number of nitrogens with one attached hydrogen (secondary N) is 2. The van der Waals surface area contributed by atoms with Gasteiger partial charge in [0, 0.05) is 30.0 Å². The minimum Gasteiger partial charge on any atom is -0.447 e. The largest absolute Gasteiger partial charge is 0.447 e. The highest BCUT2D eigenvalue weighted by Gasteiger charge is 2.33. The van der Waals surface area contributed by atoms with Crippen LogP contribution in [0.2, 0.25) is 5.15 Å². The zero-order valence-electron chi connectivity index (χ0n) is 18.9. The zero-order valence-corrected chi connectivity index (χ0v) is 20.5. The van der Waals surface area contributed by atoms with E-state index in [0.717, 1.165) is 24.1 Å². The van der Waals surface area contributed by atoms with Crippen LogP contribution in [-0.4, -0.2) is 62.9 Å². The molecule has 0 saturated carbocycles. The number of rotatable bonds is 6. The average Bonchev–Trinajstić information content (AvgIpc) is 3.34. The van der Waals surface area contributed by atoms with Crippen LogP contribution in [0.5, 0.6) is 0 Å². The summed E-state index contributed by atoms with van der Waals surface area (Å²) < 4.78 is 5.35. The van der Waals surface area contributed by atoms with Crippen molar-refractivity contribution in [3.05, 3.63) is 22.4 Å². The molecular weight excluding hydrogens is 452 g/mol. The maximum Gasteiger partial charge on any atom is 0.407 e. The van der Waals surface area contributed by atoms with Gasteiger partial charge >= 0.3 is 6.09 Å². The molecule has 2 amide bonds. The maximum atomic E-state index is 13.1. The van der Waals surface area contributed by atoms with E-state index < -0.39 is 6.09 Å². The quantitative estimate of drug-likeness (QED) is 0.596. The number of hydrogen-bond acceptors (Lipinski definition) is 8. The molecule has 0 radical (unpaired) electrons. The number of ether oxygens (including phenoxy) is 1. The standard InChI is InChI=1S/C21H29ClN6O3S/c1-12(2)24-15-9-16(22)23-10-14(15)17-26-27-18(32-17)19(29)28-8-6-7-13(28)11-31-20(30)25-21(3,4)5/h9-10,12-13H,6-8,11H2,1-5H3,(H,23,24)(H,25,30)/t13-/m0/s1. The molecule has 1 aliphatic heterocycles. The van der Waals surface area contributed by atoms with Gasteiger partial charge in [-0.05, 0) is 53.5 Å². The van der Waals surface area contributed by atoms with Gasteiger partial charge in [0.2, 0.25) is 5.01 Å². The number of hydrogen-bond donors (Lipinski definition) is 2. The fraction of sp³-hybridized carbons (Fsp3) is 0.571. The Morgan fingerprint density at radius 2 is 2.09 bits per heavy atom. The lowest BCUT2D eigenvalue weighted by atomic mass is 10.1. The molecule has 2 aromatic rings. The van der Waals surface area contributed by atoms with E-state index in [1.165, 1.54) is 11.3 Å². The summed E-state index contributed by atoms with van der Waals surface area (Å²) in [4.78, 5) is 31.0. The van der Waals surface area contributed by atoms with Gasteiger partial charge < -0.3 is 20.3 Å². The van der Waals surface area contributed by atoms with Crippen molar-refractivity contribution in [2.75, 3.05) is 18.5 Å². The van der Waals surface area contributed by atoms with Crippen molar-refractivity contribution < 1.29 is 14.3 Å². The first-order chi connectivity index (χ1) is 15.0. The number of alkyl carbamates (subject to hydrolysis) is 1. The van der Waals surface area contributed by atoms with Crippen molar-refractivity contribution in [3.63, 3.8) is 0 Å². The molecule has 2 aromatic heterocycles. The van der Waals surface area contributed by atoms with E-state index in [9.17, 15) is 9.59 Å². The van der Waals surface area contributed by atoms with Crippen molar-refractivity contribution in [1.82, 2.24) is 25.4 Å². The van der Waals surface area contributed by atoms with Gasteiger partial charge in [0.25, 0.3) is 5.91 Å². The van der Waals surface area contributed by atoms with Crippen LogP contribution in [0.15, 0.2) is 12.3 Å². The molecule has 0 bridgehead atoms. The lowest BCUT2D eigenvalue weighted by molar-refractivity contribution is 0.0627. The molecule has 0 spiro atoms. The van der Waals surface area contributed by atoms with E-state index in [2.05, 4.69) is 25.8 Å². The molecule has 3 heterocycles. The molecule has 1 saturated heterocycles. The predicted octanol–water partition coefficient (Wildman–Crippen LogP) is 4.20. The molecule has 2 N–H and O–H groups in total. The molecule has 174 valence electrons. The fourth-order valence-corrected chi connectivity index (χ4v) is 4.34. The first-order valence-electron chi connectivity index (χ1n) is 10.6. The number of nitrogens with zero attached hydrogens (tertiary/aromatic N) is 4. The van der Waals surface area contributed by atoms with Gasteiger partial charge in [0.15, 0.2) is 5.01 Å². The molecule has 11 heteroatoms. The predicted molar refractivity (Wildman–Crippen MR) is 125 cm³/mol. The molecular formula is C21H29ClN6O3S. The van der Waals surface area contributed by atoms with Crippen molar-refractivity contribution in [2.24, 2.45) is 0 Å². The summed E-state index contributed by atoms with van der Waals surface area (Å²) in [5.41, 5.74) is 1.14. The molecule has 0 unspecified atom stereocenters. The summed E-state index contributed by atoms with van der Waals surface area (Å²) in [5.74, 6) is -0.212. The topological polar surface area (TPSA) is 109 Å². The van der Waals surface area contributed by atoms with E-state index >= 15 is 0 Å². The van der Waals surface area contributed by atoms with Gasteiger partial charge in [0.05, 0.1) is 11.6 Å². The number of pyridine rings is 1. The SMILES string of the molecule is CC(C)Nc1cc(Cl)ncc1-c1nnc(C(=O)N2CCC[C@H]2COC(=O)NC(C)(C)C)s1. The number of halogens is 1. The summed E-state index contributed by atoms with van der Waals surface area (Å²) in [7, 11) is 0. The number of carbonyl (C=O) groups excluding carboxylic acids is 2. The Balaban J connectivity index is 1.71. The maximum absolute atomic E-state index is 13.1. The molecule has 32 heavy (non-hydrogen) atoms. The van der Waals surface area contributed by atoms with Gasteiger partial charge in [-0.2, -0.15) is 0 Å². The van der Waals surface area contributed by atoms with Crippen LogP contribution in [0.1, 0.15) is 57.3 Å². The second-order valence-electron chi connectivity index (χ2n) is 9.03. The number of carbonyl (C=O) groups is 2. The van der Waals surface area contributed by atoms with Crippen LogP contribution in [0.25, 0.3) is 10.6 Å². The monoisotopic (exact) mass is 480 g/mol. The first-order valence-corrected chi connectivity index (χ1v) is 11.7. The number of aromatic nitrogens is 3. The van der Waals surface area contributed by atoms with E-state index in [1.54, 1.807) is 17.2 Å². The van der Waals surface area contributed by atoms with Gasteiger partial charge in [-0.1, -0.05) is 22.9 Å². The highest BCUT2D eigenvalue weighted by molar-refractivity contribution is 7.16. The van der Waals surface area contributed by atoms with Gasteiger partial charge in [-0.3, -0.25) is 4.79 Å². The van der Waals surface area contributed by atoms with Gasteiger partial charge in [-0.15, -0.1) is 10.2 Å². The molecule has 1 aliphatic rings. The molecule has 9 nitrogen and oxygen atoms in total. The molecule has 1 atom stereocenters. The van der Waals surface area contributed by atoms with Crippen LogP contribution >= 0.6 is 22.9 Å². The van der Waals surface area contributed by atoms with E-state index in [4.69, 9.17) is 16.3 Å². The Labute approximate surface area is 196 Å². The number of anilines is 1. The summed E-state index contributed by atoms with van der Waals surface area (Å²) in [6, 6.07) is 1.73. The summed E-state index contributed by atoms with van der Waals surface area (Å²) >= 11 is 7.25. The van der Waals surface area contributed by atoms with Crippen LogP contribution in [-0.2, 0) is 4.74 Å². The van der Waals surface area contributed by atoms with Crippen LogP contribution in [0.3, 0.4) is 0 Å². The Morgan fingerprint density at radius 3 is 2.78 bits per heavy atom. The summed E-state index contributed by atoms with van der Waals surface area (Å²) in [5, 5.41) is 15.7. The van der Waals surface area contributed by atoms with Crippen molar-refractivity contribution in [2.45, 2.75) is 65.1 Å². The normalized spacial score (nSPS) is 16.3. The Morgan fingerprint density at radius 1 is 1.34 bits per heavy atom. The third-order valence-electron chi connectivity index (χ3n) is 4.68. The lowest BCUT2D eigenvalue weighted by Crippen LogP contribution is -2.43. The zero-order chi connectivity index (χ0) is 23.5. The van der Waals surface area contributed by atoms with Gasteiger partial charge in [0.1, 0.15) is 11.8 Å². The first kappa shape index (κ1) is 24.2. The molecule has 0 aromatic carbocycles. The fourth-order valence-electron chi connectivity index (χ4n) is 3.36. The Hall–Kier alpha value is -2.46. The van der Waals surface area contributed by atoms with Crippen LogP contribution in [0, 0.1) is 0 Å². The lowest BCUT2D eigenvalue weighted by Gasteiger charge is -2.25. The van der Waals surface area contributed by atoms with Crippen LogP contribution in [0.4, 0.5) is 10.5 Å². The molecule has 3 rings (SSSR count). The Kier molecular flexibility index (Phi) is 7.55. The summed E-state index contributed by atoms with van der Waals surface area (Å²) in [6.07, 6.45) is 2.75. The third kappa shape index (κ3) is 6.29. The molecule has 0 aliphatic carbocycles. The molecule has 1 fully saturated rings.